The van der Waals surface area contributed by atoms with Gasteiger partial charge in [0.1, 0.15) is 0 Å². The van der Waals surface area contributed by atoms with Crippen molar-refractivity contribution in [2.75, 3.05) is 12.0 Å². The first-order valence-electron chi connectivity index (χ1n) is 4.96. The third-order valence-electron chi connectivity index (χ3n) is 2.08. The Bertz CT molecular complexity index is 108. The lowest BCUT2D eigenvalue weighted by Gasteiger charge is -1.99. The monoisotopic (exact) mass is 186 g/mol. The summed E-state index contributed by atoms with van der Waals surface area (Å²) < 4.78 is 0. The predicted octanol–water partition coefficient (Wildman–Crippen LogP) is 4.12. The van der Waals surface area contributed by atoms with Crippen LogP contribution in [-0.4, -0.2) is 12.0 Å². The number of hydrogen-bond acceptors (Lipinski definition) is 1. The Hall–Kier alpha value is 0.0900. The van der Waals surface area contributed by atoms with Crippen LogP contribution in [0.3, 0.4) is 0 Å². The molecule has 0 radical (unpaired) electrons. The highest BCUT2D eigenvalue weighted by molar-refractivity contribution is 7.98. The maximum Gasteiger partial charge on any atom is -0.00702 e. The summed E-state index contributed by atoms with van der Waals surface area (Å²) >= 11 is 1.95. The van der Waals surface area contributed by atoms with E-state index in [1.807, 2.05) is 11.8 Å². The van der Waals surface area contributed by atoms with Crippen LogP contribution in [0.4, 0.5) is 0 Å². The van der Waals surface area contributed by atoms with Crippen LogP contribution < -0.4 is 0 Å². The minimum atomic E-state index is 0.769. The van der Waals surface area contributed by atoms with Gasteiger partial charge in [0.25, 0.3) is 0 Å². The summed E-state index contributed by atoms with van der Waals surface area (Å²) in [6, 6.07) is 0. The molecule has 0 fully saturated rings. The summed E-state index contributed by atoms with van der Waals surface area (Å²) in [5.41, 5.74) is 0. The Morgan fingerprint density at radius 2 is 2.08 bits per heavy atom. The molecule has 0 heterocycles. The van der Waals surface area contributed by atoms with E-state index in [9.17, 15) is 0 Å². The molecule has 1 heteroatoms. The molecule has 1 atom stereocenters. The molecule has 0 aromatic rings. The zero-order valence-electron chi connectivity index (χ0n) is 8.68. The van der Waals surface area contributed by atoms with Gasteiger partial charge in [0.05, 0.1) is 0 Å². The van der Waals surface area contributed by atoms with Crippen LogP contribution in [0.5, 0.6) is 0 Å². The normalized spacial score (nSPS) is 13.9. The number of hydrogen-bond donors (Lipinski definition) is 0. The maximum atomic E-state index is 2.35. The van der Waals surface area contributed by atoms with Gasteiger partial charge in [0.15, 0.2) is 0 Å². The molecule has 0 aromatic carbocycles. The molecule has 0 saturated carbocycles. The van der Waals surface area contributed by atoms with Gasteiger partial charge in [-0.2, -0.15) is 11.8 Å². The van der Waals surface area contributed by atoms with Crippen molar-refractivity contribution >= 4 is 11.8 Å². The van der Waals surface area contributed by atoms with Gasteiger partial charge in [-0.3, -0.25) is 0 Å². The highest BCUT2D eigenvalue weighted by Gasteiger charge is 1.89. The van der Waals surface area contributed by atoms with Gasteiger partial charge >= 0.3 is 0 Å². The average Bonchev–Trinajstić information content (AvgIpc) is 2.10. The highest BCUT2D eigenvalue weighted by atomic mass is 32.2. The first-order valence-corrected chi connectivity index (χ1v) is 6.36. The van der Waals surface area contributed by atoms with Crippen molar-refractivity contribution in [2.45, 2.75) is 39.5 Å². The van der Waals surface area contributed by atoms with Crippen molar-refractivity contribution < 1.29 is 0 Å². The third kappa shape index (κ3) is 8.19. The van der Waals surface area contributed by atoms with Crippen molar-refractivity contribution in [2.24, 2.45) is 5.92 Å². The van der Waals surface area contributed by atoms with Gasteiger partial charge in [-0.1, -0.05) is 32.4 Å². The summed E-state index contributed by atoms with van der Waals surface area (Å²) in [6.45, 7) is 4.52. The van der Waals surface area contributed by atoms with E-state index < -0.39 is 0 Å². The number of allylic oxidation sites excluding steroid dienone is 2. The fourth-order valence-corrected chi connectivity index (χ4v) is 1.47. The maximum absolute atomic E-state index is 2.35. The second-order valence-corrected chi connectivity index (χ2v) is 4.29. The molecular formula is C11H22S. The Morgan fingerprint density at radius 3 is 2.67 bits per heavy atom. The Kier molecular flexibility index (Phi) is 9.25. The van der Waals surface area contributed by atoms with E-state index >= 15 is 0 Å². The zero-order valence-corrected chi connectivity index (χ0v) is 9.49. The fraction of sp³-hybridized carbons (Fsp3) is 0.818. The molecule has 0 rings (SSSR count). The topological polar surface area (TPSA) is 0 Å². The molecule has 1 unspecified atom stereocenters. The van der Waals surface area contributed by atoms with Crippen LogP contribution in [0.15, 0.2) is 12.2 Å². The predicted molar refractivity (Wildman–Crippen MR) is 60.8 cm³/mol. The third-order valence-corrected chi connectivity index (χ3v) is 2.77. The Balaban J connectivity index is 3.12. The van der Waals surface area contributed by atoms with Gasteiger partial charge in [-0.15, -0.1) is 0 Å². The Morgan fingerprint density at radius 1 is 1.33 bits per heavy atom. The minimum Gasteiger partial charge on any atom is -0.165 e. The van der Waals surface area contributed by atoms with Gasteiger partial charge in [-0.05, 0) is 37.2 Å². The van der Waals surface area contributed by atoms with E-state index in [-0.39, 0.29) is 0 Å². The molecule has 0 aromatic heterocycles. The van der Waals surface area contributed by atoms with Crippen LogP contribution in [0.2, 0.25) is 0 Å². The molecule has 0 spiro atoms. The smallest absolute Gasteiger partial charge is 0.00702 e. The highest BCUT2D eigenvalue weighted by Crippen LogP contribution is 2.06. The van der Waals surface area contributed by atoms with Crippen LogP contribution >= 0.6 is 11.8 Å². The summed E-state index contributed by atoms with van der Waals surface area (Å²) in [5.74, 6) is 2.09. The second-order valence-electron chi connectivity index (χ2n) is 3.30. The lowest BCUT2D eigenvalue weighted by atomic mass is 10.1. The lowest BCUT2D eigenvalue weighted by molar-refractivity contribution is 0.692. The molecule has 0 N–H and O–H groups in total. The summed E-state index contributed by atoms with van der Waals surface area (Å²) in [4.78, 5) is 0. The summed E-state index contributed by atoms with van der Waals surface area (Å²) in [7, 11) is 0. The van der Waals surface area contributed by atoms with Crippen molar-refractivity contribution in [1.29, 1.82) is 0 Å². The molecule has 0 aliphatic carbocycles. The number of thioether (sulfide) groups is 1. The van der Waals surface area contributed by atoms with Gasteiger partial charge in [-0.25, -0.2) is 0 Å². The van der Waals surface area contributed by atoms with E-state index in [0.29, 0.717) is 0 Å². The van der Waals surface area contributed by atoms with E-state index in [1.54, 1.807) is 0 Å². The molecule has 12 heavy (non-hydrogen) atoms. The van der Waals surface area contributed by atoms with E-state index in [4.69, 9.17) is 0 Å². The number of rotatable bonds is 7. The van der Waals surface area contributed by atoms with Gasteiger partial charge in [0.2, 0.25) is 0 Å². The molecule has 0 bridgehead atoms. The van der Waals surface area contributed by atoms with Crippen LogP contribution in [-0.2, 0) is 0 Å². The molecule has 0 aliphatic heterocycles. The number of unbranched alkanes of at least 4 members (excludes halogenated alkanes) is 2. The van der Waals surface area contributed by atoms with E-state index in [1.165, 1.54) is 31.4 Å². The standard InChI is InChI=1S/C11H22S/c1-4-11(2)9-7-5-6-8-10-12-3/h7,9,11H,4-6,8,10H2,1-3H3/b9-7-. The molecular weight excluding hydrogens is 164 g/mol. The van der Waals surface area contributed by atoms with E-state index in [2.05, 4.69) is 32.3 Å². The van der Waals surface area contributed by atoms with Crippen molar-refractivity contribution in [3.8, 4) is 0 Å². The fourth-order valence-electron chi connectivity index (χ4n) is 0.973. The first kappa shape index (κ1) is 12.1. The molecule has 72 valence electrons. The quantitative estimate of drug-likeness (QED) is 0.426. The average molecular weight is 186 g/mol. The van der Waals surface area contributed by atoms with Crippen molar-refractivity contribution in [3.05, 3.63) is 12.2 Å². The van der Waals surface area contributed by atoms with Crippen molar-refractivity contribution in [3.63, 3.8) is 0 Å². The van der Waals surface area contributed by atoms with Gasteiger partial charge in [0, 0.05) is 0 Å². The molecule has 0 nitrogen and oxygen atoms in total. The second kappa shape index (κ2) is 9.18. The van der Waals surface area contributed by atoms with Gasteiger partial charge < -0.3 is 0 Å². The first-order chi connectivity index (χ1) is 5.81. The zero-order chi connectivity index (χ0) is 9.23. The summed E-state index contributed by atoms with van der Waals surface area (Å²) in [5, 5.41) is 0. The van der Waals surface area contributed by atoms with Crippen LogP contribution in [0, 0.1) is 5.92 Å². The molecule has 0 saturated heterocycles. The van der Waals surface area contributed by atoms with Crippen LogP contribution in [0.1, 0.15) is 39.5 Å². The summed E-state index contributed by atoms with van der Waals surface area (Å²) in [6.07, 6.45) is 12.1. The minimum absolute atomic E-state index is 0.769. The molecule has 0 amide bonds. The lowest BCUT2D eigenvalue weighted by Crippen LogP contribution is -1.84. The Labute approximate surface area is 81.8 Å². The largest absolute Gasteiger partial charge is 0.165 e. The van der Waals surface area contributed by atoms with Crippen molar-refractivity contribution in [1.82, 2.24) is 0 Å². The molecule has 0 aliphatic rings. The van der Waals surface area contributed by atoms with E-state index in [0.717, 1.165) is 5.92 Å². The SMILES string of the molecule is CCC(C)/C=C\CCCCSC. The van der Waals surface area contributed by atoms with Crippen LogP contribution in [0.25, 0.3) is 0 Å².